The first-order valence-electron chi connectivity index (χ1n) is 4.61. The smallest absolute Gasteiger partial charge is 0.165 e. The van der Waals surface area contributed by atoms with Crippen LogP contribution >= 0.6 is 11.6 Å². The van der Waals surface area contributed by atoms with E-state index in [-0.39, 0.29) is 10.6 Å². The molecule has 0 heterocycles. The molecule has 0 spiro atoms. The van der Waals surface area contributed by atoms with E-state index in [9.17, 15) is 9.50 Å². The van der Waals surface area contributed by atoms with Crippen LogP contribution in [0.5, 0.6) is 5.75 Å². The zero-order chi connectivity index (χ0) is 11.4. The van der Waals surface area contributed by atoms with Gasteiger partial charge in [0.25, 0.3) is 0 Å². The highest BCUT2D eigenvalue weighted by molar-refractivity contribution is 6.31. The number of hydrogen-bond donors (Lipinski definition) is 2. The normalized spacial score (nSPS) is 12.5. The van der Waals surface area contributed by atoms with Crippen molar-refractivity contribution in [3.63, 3.8) is 0 Å². The Balaban J connectivity index is 3.01. The number of hydrogen-bond acceptors (Lipinski definition) is 2. The van der Waals surface area contributed by atoms with Crippen molar-refractivity contribution >= 4 is 11.6 Å². The van der Waals surface area contributed by atoms with E-state index in [1.165, 1.54) is 6.07 Å². The van der Waals surface area contributed by atoms with Gasteiger partial charge in [0, 0.05) is 16.6 Å². The first kappa shape index (κ1) is 12.0. The van der Waals surface area contributed by atoms with Crippen molar-refractivity contribution in [2.75, 3.05) is 0 Å². The molecule has 15 heavy (non-hydrogen) atoms. The zero-order valence-electron chi connectivity index (χ0n) is 8.21. The molecule has 1 atom stereocenters. The van der Waals surface area contributed by atoms with Crippen molar-refractivity contribution in [3.05, 3.63) is 41.2 Å². The molecule has 0 aliphatic rings. The number of phenolic OH excluding ortho intramolecular Hbond substituents is 1. The highest BCUT2D eigenvalue weighted by Crippen LogP contribution is 2.34. The summed E-state index contributed by atoms with van der Waals surface area (Å²) in [6, 6.07) is 2.02. The number of nitrogens with two attached hydrogens (primary N) is 1. The summed E-state index contributed by atoms with van der Waals surface area (Å²) in [7, 11) is 0. The molecular weight excluding hydrogens is 217 g/mol. The molecule has 0 aliphatic heterocycles. The van der Waals surface area contributed by atoms with E-state index in [2.05, 4.69) is 6.58 Å². The molecule has 4 heteroatoms. The van der Waals surface area contributed by atoms with Crippen LogP contribution in [0.3, 0.4) is 0 Å². The minimum atomic E-state index is -0.705. The summed E-state index contributed by atoms with van der Waals surface area (Å²) in [5, 5.41) is 9.77. The molecule has 1 aromatic carbocycles. The van der Waals surface area contributed by atoms with Crippen LogP contribution in [-0.2, 0) is 0 Å². The average Bonchev–Trinajstić information content (AvgIpc) is 2.21. The molecule has 0 amide bonds. The summed E-state index contributed by atoms with van der Waals surface area (Å²) in [6.45, 7) is 3.56. The van der Waals surface area contributed by atoms with Gasteiger partial charge in [0.05, 0.1) is 0 Å². The minimum absolute atomic E-state index is 0.263. The second-order valence-electron chi connectivity index (χ2n) is 3.26. The van der Waals surface area contributed by atoms with E-state index in [1.54, 1.807) is 6.08 Å². The van der Waals surface area contributed by atoms with Crippen LogP contribution < -0.4 is 5.73 Å². The van der Waals surface area contributed by atoms with Gasteiger partial charge in [-0.05, 0) is 25.0 Å². The Kier molecular flexibility index (Phi) is 4.12. The number of rotatable bonds is 4. The third-order valence-electron chi connectivity index (χ3n) is 2.17. The molecule has 0 radical (unpaired) electrons. The van der Waals surface area contributed by atoms with Gasteiger partial charge < -0.3 is 10.8 Å². The van der Waals surface area contributed by atoms with Gasteiger partial charge in [-0.2, -0.15) is 0 Å². The zero-order valence-corrected chi connectivity index (χ0v) is 8.97. The van der Waals surface area contributed by atoms with Crippen LogP contribution in [0.1, 0.15) is 24.4 Å². The van der Waals surface area contributed by atoms with E-state index >= 15 is 0 Å². The van der Waals surface area contributed by atoms with Crippen LogP contribution in [-0.4, -0.2) is 5.11 Å². The SMILES string of the molecule is C=CCC[C@@H](N)c1c(Cl)ccc(F)c1O. The van der Waals surface area contributed by atoms with Gasteiger partial charge in [-0.15, -0.1) is 6.58 Å². The van der Waals surface area contributed by atoms with Crippen LogP contribution in [0.25, 0.3) is 0 Å². The van der Waals surface area contributed by atoms with Crippen LogP contribution in [0.4, 0.5) is 4.39 Å². The van der Waals surface area contributed by atoms with Crippen molar-refractivity contribution in [2.24, 2.45) is 5.73 Å². The Morgan fingerprint density at radius 1 is 1.60 bits per heavy atom. The lowest BCUT2D eigenvalue weighted by molar-refractivity contribution is 0.419. The second-order valence-corrected chi connectivity index (χ2v) is 3.67. The highest BCUT2D eigenvalue weighted by Gasteiger charge is 2.17. The summed E-state index contributed by atoms with van der Waals surface area (Å²) >= 11 is 5.84. The molecule has 0 bridgehead atoms. The molecule has 0 fully saturated rings. The lowest BCUT2D eigenvalue weighted by Gasteiger charge is -2.14. The fraction of sp³-hybridized carbons (Fsp3) is 0.273. The Morgan fingerprint density at radius 2 is 2.27 bits per heavy atom. The second kappa shape index (κ2) is 5.14. The van der Waals surface area contributed by atoms with Crippen molar-refractivity contribution < 1.29 is 9.50 Å². The summed E-state index contributed by atoms with van der Waals surface area (Å²) in [5.74, 6) is -1.16. The topological polar surface area (TPSA) is 46.2 Å². The van der Waals surface area contributed by atoms with Crippen molar-refractivity contribution in [1.29, 1.82) is 0 Å². The van der Waals surface area contributed by atoms with Crippen molar-refractivity contribution in [3.8, 4) is 5.75 Å². The predicted molar refractivity (Wildman–Crippen MR) is 59.4 cm³/mol. The summed E-state index contributed by atoms with van der Waals surface area (Å²) in [5.41, 5.74) is 6.06. The van der Waals surface area contributed by atoms with Crippen LogP contribution in [0.15, 0.2) is 24.8 Å². The van der Waals surface area contributed by atoms with Crippen LogP contribution in [0.2, 0.25) is 5.02 Å². The standard InChI is InChI=1S/C11H13ClFNO/c1-2-3-4-9(14)10-7(12)5-6-8(13)11(10)15/h2,5-6,9,15H,1,3-4,14H2/t9-/m1/s1. The largest absolute Gasteiger partial charge is 0.505 e. The molecule has 2 nitrogen and oxygen atoms in total. The van der Waals surface area contributed by atoms with Gasteiger partial charge in [0.15, 0.2) is 11.6 Å². The van der Waals surface area contributed by atoms with E-state index in [0.717, 1.165) is 6.07 Å². The van der Waals surface area contributed by atoms with E-state index in [1.807, 2.05) is 0 Å². The predicted octanol–water partition coefficient (Wildman–Crippen LogP) is 3.15. The van der Waals surface area contributed by atoms with Gasteiger partial charge in [-0.3, -0.25) is 0 Å². The van der Waals surface area contributed by atoms with Gasteiger partial charge in [0.1, 0.15) is 0 Å². The molecule has 0 aliphatic carbocycles. The monoisotopic (exact) mass is 229 g/mol. The van der Waals surface area contributed by atoms with Gasteiger partial charge in [-0.25, -0.2) is 4.39 Å². The number of allylic oxidation sites excluding steroid dienone is 1. The molecule has 3 N–H and O–H groups in total. The Morgan fingerprint density at radius 3 is 2.87 bits per heavy atom. The van der Waals surface area contributed by atoms with E-state index in [0.29, 0.717) is 12.8 Å². The molecule has 0 aromatic heterocycles. The summed E-state index contributed by atoms with van der Waals surface area (Å²) < 4.78 is 13.1. The van der Waals surface area contributed by atoms with Crippen molar-refractivity contribution in [1.82, 2.24) is 0 Å². The number of aromatic hydroxyl groups is 1. The Labute approximate surface area is 93.2 Å². The number of phenols is 1. The van der Waals surface area contributed by atoms with Gasteiger partial charge >= 0.3 is 0 Å². The van der Waals surface area contributed by atoms with E-state index < -0.39 is 17.6 Å². The van der Waals surface area contributed by atoms with Crippen molar-refractivity contribution in [2.45, 2.75) is 18.9 Å². The maximum atomic E-state index is 13.1. The summed E-state index contributed by atoms with van der Waals surface area (Å²) in [6.07, 6.45) is 2.97. The fourth-order valence-corrected chi connectivity index (χ4v) is 1.64. The molecule has 0 saturated heterocycles. The molecule has 0 saturated carbocycles. The fourth-order valence-electron chi connectivity index (χ4n) is 1.35. The third-order valence-corrected chi connectivity index (χ3v) is 2.50. The average molecular weight is 230 g/mol. The van der Waals surface area contributed by atoms with Crippen LogP contribution in [0, 0.1) is 5.82 Å². The summed E-state index contributed by atoms with van der Waals surface area (Å²) in [4.78, 5) is 0. The van der Waals surface area contributed by atoms with Gasteiger partial charge in [-0.1, -0.05) is 17.7 Å². The number of benzene rings is 1. The Hall–Kier alpha value is -1.06. The highest BCUT2D eigenvalue weighted by atomic mass is 35.5. The van der Waals surface area contributed by atoms with E-state index in [4.69, 9.17) is 17.3 Å². The Bertz CT molecular complexity index is 368. The molecule has 1 rings (SSSR count). The molecular formula is C11H13ClFNO. The molecule has 82 valence electrons. The maximum Gasteiger partial charge on any atom is 0.165 e. The maximum absolute atomic E-state index is 13.1. The minimum Gasteiger partial charge on any atom is -0.505 e. The first-order chi connectivity index (χ1) is 7.07. The first-order valence-corrected chi connectivity index (χ1v) is 4.99. The van der Waals surface area contributed by atoms with Gasteiger partial charge in [0.2, 0.25) is 0 Å². The lowest BCUT2D eigenvalue weighted by Crippen LogP contribution is -2.11. The lowest BCUT2D eigenvalue weighted by atomic mass is 10.0. The molecule has 0 unspecified atom stereocenters. The molecule has 1 aromatic rings. The number of halogens is 2. The third kappa shape index (κ3) is 2.70. The quantitative estimate of drug-likeness (QED) is 0.780.